The molecular weight excluding hydrogens is 146 g/mol. The molecule has 1 heteroatoms. The summed E-state index contributed by atoms with van der Waals surface area (Å²) in [7, 11) is 0. The minimum absolute atomic E-state index is 0.790. The Hall–Kier alpha value is -0.300. The van der Waals surface area contributed by atoms with E-state index in [1.807, 2.05) is 0 Å². The van der Waals surface area contributed by atoms with Gasteiger partial charge in [-0.25, -0.2) is 0 Å². The predicted octanol–water partition coefficient (Wildman–Crippen LogP) is 2.63. The van der Waals surface area contributed by atoms with E-state index in [9.17, 15) is 0 Å². The molecule has 12 heavy (non-hydrogen) atoms. The molecule has 68 valence electrons. The Morgan fingerprint density at radius 3 is 2.42 bits per heavy atom. The molecule has 1 nitrogen and oxygen atoms in total. The first kappa shape index (κ1) is 8.31. The van der Waals surface area contributed by atoms with Crippen LogP contribution < -0.4 is 5.32 Å². The first-order chi connectivity index (χ1) is 5.95. The third-order valence-corrected chi connectivity index (χ3v) is 3.10. The van der Waals surface area contributed by atoms with Crippen LogP contribution in [0.5, 0.6) is 0 Å². The van der Waals surface area contributed by atoms with Crippen molar-refractivity contribution in [1.29, 1.82) is 0 Å². The molecule has 0 spiro atoms. The third kappa shape index (κ3) is 2.10. The Labute approximate surface area is 75.2 Å². The Bertz CT molecular complexity index is 156. The zero-order valence-electron chi connectivity index (χ0n) is 7.76. The lowest BCUT2D eigenvalue weighted by Crippen LogP contribution is -2.36. The van der Waals surface area contributed by atoms with E-state index in [4.69, 9.17) is 0 Å². The van der Waals surface area contributed by atoms with E-state index >= 15 is 0 Å². The van der Waals surface area contributed by atoms with E-state index in [1.54, 1.807) is 0 Å². The summed E-state index contributed by atoms with van der Waals surface area (Å²) in [5, 5.41) is 3.77. The molecule has 0 heterocycles. The molecule has 1 saturated carbocycles. The summed E-state index contributed by atoms with van der Waals surface area (Å²) >= 11 is 0. The van der Waals surface area contributed by atoms with Gasteiger partial charge >= 0.3 is 0 Å². The minimum atomic E-state index is 0.790. The molecule has 1 atom stereocenters. The van der Waals surface area contributed by atoms with Crippen molar-refractivity contribution in [1.82, 2.24) is 5.32 Å². The number of hydrogen-bond donors (Lipinski definition) is 1. The lowest BCUT2D eigenvalue weighted by atomic mass is 10.0. The van der Waals surface area contributed by atoms with Crippen molar-refractivity contribution in [2.75, 3.05) is 0 Å². The first-order valence-electron chi connectivity index (χ1n) is 5.36. The Kier molecular flexibility index (Phi) is 2.83. The highest BCUT2D eigenvalue weighted by Crippen LogP contribution is 2.20. The fourth-order valence-corrected chi connectivity index (χ4v) is 2.37. The smallest absolute Gasteiger partial charge is 0.0107 e. The molecular formula is C11H19N. The van der Waals surface area contributed by atoms with Crippen LogP contribution in [0.2, 0.25) is 0 Å². The summed E-state index contributed by atoms with van der Waals surface area (Å²) in [4.78, 5) is 0. The van der Waals surface area contributed by atoms with Gasteiger partial charge in [-0.2, -0.15) is 0 Å². The van der Waals surface area contributed by atoms with Crippen LogP contribution in [0.15, 0.2) is 12.2 Å². The maximum Gasteiger partial charge on any atom is 0.0107 e. The average molecular weight is 165 g/mol. The number of nitrogens with one attached hydrogen (secondary N) is 1. The van der Waals surface area contributed by atoms with Gasteiger partial charge in [0.2, 0.25) is 0 Å². The molecule has 0 aromatic rings. The van der Waals surface area contributed by atoms with Gasteiger partial charge in [-0.05, 0) is 32.1 Å². The van der Waals surface area contributed by atoms with Gasteiger partial charge in [-0.15, -0.1) is 0 Å². The van der Waals surface area contributed by atoms with Crippen LogP contribution in [-0.4, -0.2) is 12.1 Å². The number of hydrogen-bond acceptors (Lipinski definition) is 1. The van der Waals surface area contributed by atoms with Crippen molar-refractivity contribution in [3.8, 4) is 0 Å². The fourth-order valence-electron chi connectivity index (χ4n) is 2.37. The molecule has 1 N–H and O–H groups in total. The summed E-state index contributed by atoms with van der Waals surface area (Å²) in [5.74, 6) is 0. The van der Waals surface area contributed by atoms with Crippen molar-refractivity contribution in [2.24, 2.45) is 0 Å². The van der Waals surface area contributed by atoms with Crippen LogP contribution in [0.3, 0.4) is 0 Å². The standard InChI is InChI=1S/C11H19N/c1-2-6-10(7-3-1)12-11-8-4-5-9-11/h1-2,10-12H,3-9H2. The summed E-state index contributed by atoms with van der Waals surface area (Å²) in [6, 6.07) is 1.64. The fraction of sp³-hybridized carbons (Fsp3) is 0.818. The quantitative estimate of drug-likeness (QED) is 0.620. The van der Waals surface area contributed by atoms with E-state index in [-0.39, 0.29) is 0 Å². The zero-order chi connectivity index (χ0) is 8.23. The average Bonchev–Trinajstić information content (AvgIpc) is 2.59. The van der Waals surface area contributed by atoms with E-state index in [1.165, 1.54) is 44.9 Å². The van der Waals surface area contributed by atoms with Gasteiger partial charge in [0.15, 0.2) is 0 Å². The molecule has 0 aromatic heterocycles. The largest absolute Gasteiger partial charge is 0.311 e. The molecule has 0 bridgehead atoms. The van der Waals surface area contributed by atoms with Gasteiger partial charge in [0.05, 0.1) is 0 Å². The number of allylic oxidation sites excluding steroid dienone is 1. The summed E-state index contributed by atoms with van der Waals surface area (Å²) in [6.45, 7) is 0. The van der Waals surface area contributed by atoms with Crippen LogP contribution in [0, 0.1) is 0 Å². The molecule has 1 fully saturated rings. The van der Waals surface area contributed by atoms with Crippen LogP contribution in [0.4, 0.5) is 0 Å². The maximum atomic E-state index is 3.77. The van der Waals surface area contributed by atoms with Gasteiger partial charge in [0, 0.05) is 12.1 Å². The molecule has 0 aromatic carbocycles. The van der Waals surface area contributed by atoms with E-state index in [0.717, 1.165) is 12.1 Å². The van der Waals surface area contributed by atoms with Crippen molar-refractivity contribution in [3.05, 3.63) is 12.2 Å². The molecule has 1 unspecified atom stereocenters. The lowest BCUT2D eigenvalue weighted by Gasteiger charge is -2.23. The Balaban J connectivity index is 1.74. The number of rotatable bonds is 2. The van der Waals surface area contributed by atoms with Gasteiger partial charge in [-0.1, -0.05) is 25.0 Å². The molecule has 2 aliphatic carbocycles. The summed E-state index contributed by atoms with van der Waals surface area (Å²) < 4.78 is 0. The summed E-state index contributed by atoms with van der Waals surface area (Å²) in [5.41, 5.74) is 0. The Morgan fingerprint density at radius 1 is 0.917 bits per heavy atom. The maximum absolute atomic E-state index is 3.77. The molecule has 2 aliphatic rings. The first-order valence-corrected chi connectivity index (χ1v) is 5.36. The second-order valence-corrected chi connectivity index (χ2v) is 4.13. The van der Waals surface area contributed by atoms with Crippen molar-refractivity contribution >= 4 is 0 Å². The van der Waals surface area contributed by atoms with Crippen LogP contribution in [0.1, 0.15) is 44.9 Å². The van der Waals surface area contributed by atoms with Crippen LogP contribution in [-0.2, 0) is 0 Å². The molecule has 0 aliphatic heterocycles. The van der Waals surface area contributed by atoms with E-state index in [0.29, 0.717) is 0 Å². The van der Waals surface area contributed by atoms with Crippen molar-refractivity contribution < 1.29 is 0 Å². The minimum Gasteiger partial charge on any atom is -0.311 e. The monoisotopic (exact) mass is 165 g/mol. The molecule has 0 radical (unpaired) electrons. The van der Waals surface area contributed by atoms with E-state index in [2.05, 4.69) is 17.5 Å². The van der Waals surface area contributed by atoms with Gasteiger partial charge < -0.3 is 5.32 Å². The molecule has 0 amide bonds. The topological polar surface area (TPSA) is 12.0 Å². The van der Waals surface area contributed by atoms with Crippen molar-refractivity contribution in [3.63, 3.8) is 0 Å². The van der Waals surface area contributed by atoms with Crippen LogP contribution >= 0.6 is 0 Å². The third-order valence-electron chi connectivity index (χ3n) is 3.10. The molecule has 2 rings (SSSR count). The second kappa shape index (κ2) is 4.08. The van der Waals surface area contributed by atoms with Crippen molar-refractivity contribution in [2.45, 2.75) is 57.0 Å². The highest BCUT2D eigenvalue weighted by atomic mass is 15.0. The van der Waals surface area contributed by atoms with E-state index < -0.39 is 0 Å². The SMILES string of the molecule is C1=CCC(NC2CCCC2)CC1. The van der Waals surface area contributed by atoms with Gasteiger partial charge in [-0.3, -0.25) is 0 Å². The highest BCUT2D eigenvalue weighted by molar-refractivity contribution is 4.94. The van der Waals surface area contributed by atoms with Gasteiger partial charge in [0.1, 0.15) is 0 Å². The second-order valence-electron chi connectivity index (χ2n) is 4.13. The summed E-state index contributed by atoms with van der Waals surface area (Å²) in [6.07, 6.45) is 14.3. The highest BCUT2D eigenvalue weighted by Gasteiger charge is 2.18. The Morgan fingerprint density at radius 2 is 1.75 bits per heavy atom. The van der Waals surface area contributed by atoms with Gasteiger partial charge in [0.25, 0.3) is 0 Å². The molecule has 0 saturated heterocycles. The zero-order valence-corrected chi connectivity index (χ0v) is 7.76. The van der Waals surface area contributed by atoms with Crippen LogP contribution in [0.25, 0.3) is 0 Å². The normalized spacial score (nSPS) is 31.2. The predicted molar refractivity (Wildman–Crippen MR) is 52.2 cm³/mol. The lowest BCUT2D eigenvalue weighted by molar-refractivity contribution is 0.406.